The van der Waals surface area contributed by atoms with Crippen LogP contribution in [0, 0.1) is 0 Å². The molecule has 0 radical (unpaired) electrons. The molecule has 0 fully saturated rings. The van der Waals surface area contributed by atoms with Gasteiger partial charge in [0.15, 0.2) is 0 Å². The van der Waals surface area contributed by atoms with Crippen molar-refractivity contribution in [2.24, 2.45) is 14.1 Å². The Labute approximate surface area is 104 Å². The van der Waals surface area contributed by atoms with Crippen molar-refractivity contribution >= 4 is 15.7 Å². The first-order valence-electron chi connectivity index (χ1n) is 5.28. The van der Waals surface area contributed by atoms with Gasteiger partial charge in [-0.15, -0.1) is 5.10 Å². The van der Waals surface area contributed by atoms with Crippen LogP contribution in [0.25, 0.3) is 0 Å². The van der Waals surface area contributed by atoms with Crippen LogP contribution in [0.2, 0.25) is 0 Å². The fourth-order valence-corrected chi connectivity index (χ4v) is 2.02. The van der Waals surface area contributed by atoms with Crippen LogP contribution in [0.5, 0.6) is 0 Å². The Balaban J connectivity index is 2.76. The molecule has 102 valence electrons. The third kappa shape index (κ3) is 3.69. The maximum absolute atomic E-state index is 11.6. The second-order valence-corrected chi connectivity index (χ2v) is 6.29. The summed E-state index contributed by atoms with van der Waals surface area (Å²) in [7, 11) is -0.222. The predicted octanol–water partition coefficient (Wildman–Crippen LogP) is -1.67. The molecule has 0 aliphatic rings. The lowest BCUT2D eigenvalue weighted by Gasteiger charge is -2.07. The molecule has 1 aromatic rings. The van der Waals surface area contributed by atoms with Crippen molar-refractivity contribution in [3.05, 3.63) is 20.8 Å². The van der Waals surface area contributed by atoms with Crippen molar-refractivity contribution in [2.45, 2.75) is 6.42 Å². The lowest BCUT2D eigenvalue weighted by Crippen LogP contribution is -2.40. The molecule has 1 rings (SSSR count). The average Bonchev–Trinajstić information content (AvgIpc) is 2.26. The topological polar surface area (TPSA) is 103 Å². The first-order valence-corrected chi connectivity index (χ1v) is 7.34. The Kier molecular flexibility index (Phi) is 4.28. The summed E-state index contributed by atoms with van der Waals surface area (Å²) in [5, 5.41) is 6.50. The number of rotatable bonds is 5. The van der Waals surface area contributed by atoms with Crippen LogP contribution in [0.3, 0.4) is 0 Å². The van der Waals surface area contributed by atoms with Gasteiger partial charge in [-0.3, -0.25) is 9.36 Å². The SMILES string of the molecule is Cn1nc(NCCCS(C)(=O)=O)c(=O)n(C)c1=O. The van der Waals surface area contributed by atoms with E-state index in [1.165, 1.54) is 14.1 Å². The summed E-state index contributed by atoms with van der Waals surface area (Å²) in [6, 6.07) is 0. The maximum Gasteiger partial charge on any atom is 0.346 e. The Morgan fingerprint density at radius 2 is 1.89 bits per heavy atom. The van der Waals surface area contributed by atoms with Crippen LogP contribution in [-0.2, 0) is 23.9 Å². The van der Waals surface area contributed by atoms with E-state index >= 15 is 0 Å². The molecule has 0 saturated carbocycles. The Hall–Kier alpha value is -1.64. The number of nitrogens with one attached hydrogen (secondary N) is 1. The molecule has 1 N–H and O–H groups in total. The first-order chi connectivity index (χ1) is 8.22. The van der Waals surface area contributed by atoms with E-state index in [2.05, 4.69) is 10.4 Å². The number of hydrogen-bond donors (Lipinski definition) is 1. The average molecular weight is 276 g/mol. The van der Waals surface area contributed by atoms with Crippen LogP contribution in [0.1, 0.15) is 6.42 Å². The molecule has 18 heavy (non-hydrogen) atoms. The summed E-state index contributed by atoms with van der Waals surface area (Å²) < 4.78 is 23.8. The van der Waals surface area contributed by atoms with Crippen LogP contribution < -0.4 is 16.6 Å². The molecule has 0 atom stereocenters. The monoisotopic (exact) mass is 276 g/mol. The zero-order chi connectivity index (χ0) is 13.9. The maximum atomic E-state index is 11.6. The van der Waals surface area contributed by atoms with Crippen molar-refractivity contribution < 1.29 is 8.42 Å². The van der Waals surface area contributed by atoms with Crippen molar-refractivity contribution in [1.82, 2.24) is 14.3 Å². The van der Waals surface area contributed by atoms with Gasteiger partial charge in [-0.1, -0.05) is 0 Å². The van der Waals surface area contributed by atoms with Crippen LogP contribution in [0.4, 0.5) is 5.82 Å². The molecular weight excluding hydrogens is 260 g/mol. The summed E-state index contributed by atoms with van der Waals surface area (Å²) in [5.41, 5.74) is -1.04. The number of aryl methyl sites for hydroxylation is 1. The molecule has 0 aliphatic carbocycles. The highest BCUT2D eigenvalue weighted by molar-refractivity contribution is 7.90. The summed E-state index contributed by atoms with van der Waals surface area (Å²) in [6.07, 6.45) is 1.52. The van der Waals surface area contributed by atoms with E-state index in [9.17, 15) is 18.0 Å². The molecule has 0 saturated heterocycles. The molecule has 0 amide bonds. The van der Waals surface area contributed by atoms with E-state index in [1.54, 1.807) is 0 Å². The molecule has 0 aliphatic heterocycles. The van der Waals surface area contributed by atoms with E-state index in [-0.39, 0.29) is 11.6 Å². The van der Waals surface area contributed by atoms with Gasteiger partial charge in [0.2, 0.25) is 5.82 Å². The normalized spacial score (nSPS) is 11.5. The third-order valence-electron chi connectivity index (χ3n) is 2.31. The number of hydrogen-bond acceptors (Lipinski definition) is 6. The first kappa shape index (κ1) is 14.4. The third-order valence-corrected chi connectivity index (χ3v) is 3.34. The minimum Gasteiger partial charge on any atom is -0.364 e. The Bertz CT molecular complexity index is 644. The minimum absolute atomic E-state index is 0.0338. The Morgan fingerprint density at radius 1 is 1.28 bits per heavy atom. The number of sulfone groups is 1. The molecule has 0 aromatic carbocycles. The lowest BCUT2D eigenvalue weighted by atomic mass is 10.5. The molecule has 0 bridgehead atoms. The van der Waals surface area contributed by atoms with Gasteiger partial charge in [-0.05, 0) is 6.42 Å². The van der Waals surface area contributed by atoms with Crippen LogP contribution in [-0.4, -0.2) is 41.3 Å². The molecule has 8 nitrogen and oxygen atoms in total. The van der Waals surface area contributed by atoms with Gasteiger partial charge in [0.05, 0.1) is 5.75 Å². The van der Waals surface area contributed by atoms with Crippen molar-refractivity contribution in [3.8, 4) is 0 Å². The highest BCUT2D eigenvalue weighted by Crippen LogP contribution is 1.93. The van der Waals surface area contributed by atoms with Crippen LogP contribution in [0.15, 0.2) is 9.59 Å². The number of nitrogens with zero attached hydrogens (tertiary/aromatic N) is 3. The second-order valence-electron chi connectivity index (χ2n) is 4.03. The highest BCUT2D eigenvalue weighted by atomic mass is 32.2. The molecule has 1 heterocycles. The standard InChI is InChI=1S/C9H16N4O4S/c1-12-8(14)7(11-13(2)9(12)15)10-5-4-6-18(3,16)17/h4-6H2,1-3H3,(H,10,11). The van der Waals surface area contributed by atoms with Gasteiger partial charge >= 0.3 is 5.69 Å². The lowest BCUT2D eigenvalue weighted by molar-refractivity contribution is 0.597. The van der Waals surface area contributed by atoms with E-state index in [1.807, 2.05) is 0 Å². The molecule has 9 heteroatoms. The van der Waals surface area contributed by atoms with Gasteiger partial charge in [0.1, 0.15) is 9.84 Å². The van der Waals surface area contributed by atoms with Crippen molar-refractivity contribution in [2.75, 3.05) is 23.9 Å². The largest absolute Gasteiger partial charge is 0.364 e. The number of aromatic nitrogens is 3. The van der Waals surface area contributed by atoms with E-state index < -0.39 is 21.1 Å². The molecule has 1 aromatic heterocycles. The van der Waals surface area contributed by atoms with E-state index in [0.717, 1.165) is 15.5 Å². The Morgan fingerprint density at radius 3 is 2.44 bits per heavy atom. The van der Waals surface area contributed by atoms with E-state index in [4.69, 9.17) is 0 Å². The highest BCUT2D eigenvalue weighted by Gasteiger charge is 2.08. The van der Waals surface area contributed by atoms with Gasteiger partial charge < -0.3 is 5.32 Å². The summed E-state index contributed by atoms with van der Waals surface area (Å²) in [6.45, 7) is 0.299. The summed E-state index contributed by atoms with van der Waals surface area (Å²) in [5.74, 6) is 0.0691. The zero-order valence-corrected chi connectivity index (χ0v) is 11.3. The molecule has 0 spiro atoms. The smallest absolute Gasteiger partial charge is 0.346 e. The van der Waals surface area contributed by atoms with E-state index in [0.29, 0.717) is 13.0 Å². The quantitative estimate of drug-likeness (QED) is 0.645. The minimum atomic E-state index is -3.01. The predicted molar refractivity (Wildman–Crippen MR) is 67.5 cm³/mol. The fourth-order valence-electron chi connectivity index (χ4n) is 1.35. The molecule has 0 unspecified atom stereocenters. The second kappa shape index (κ2) is 5.34. The van der Waals surface area contributed by atoms with Gasteiger partial charge in [0, 0.05) is 26.9 Å². The van der Waals surface area contributed by atoms with Crippen molar-refractivity contribution in [1.29, 1.82) is 0 Å². The van der Waals surface area contributed by atoms with Crippen molar-refractivity contribution in [3.63, 3.8) is 0 Å². The van der Waals surface area contributed by atoms with Gasteiger partial charge in [-0.2, -0.15) is 0 Å². The zero-order valence-electron chi connectivity index (χ0n) is 10.5. The van der Waals surface area contributed by atoms with Crippen LogP contribution >= 0.6 is 0 Å². The summed E-state index contributed by atoms with van der Waals surface area (Å²) >= 11 is 0. The van der Waals surface area contributed by atoms with Gasteiger partial charge in [-0.25, -0.2) is 17.9 Å². The number of anilines is 1. The summed E-state index contributed by atoms with van der Waals surface area (Å²) in [4.78, 5) is 23.0. The van der Waals surface area contributed by atoms with Gasteiger partial charge in [0.25, 0.3) is 5.56 Å². The molecular formula is C9H16N4O4S. The fraction of sp³-hybridized carbons (Fsp3) is 0.667.